The Morgan fingerprint density at radius 3 is 2.69 bits per heavy atom. The van der Waals surface area contributed by atoms with Crippen molar-refractivity contribution in [1.82, 2.24) is 25.1 Å². The molecule has 1 aromatic rings. The highest BCUT2D eigenvalue weighted by molar-refractivity contribution is 5.77. The molecule has 0 spiro atoms. The molecule has 1 aromatic heterocycles. The number of nitrogens with zero attached hydrogens (tertiary/aromatic N) is 4. The number of aromatic nitrogens is 2. The average molecular weight is 358 g/mol. The second-order valence-corrected chi connectivity index (χ2v) is 8.27. The maximum absolute atomic E-state index is 12.6. The largest absolute Gasteiger partial charge is 0.339 e. The smallest absolute Gasteiger partial charge is 0.222 e. The van der Waals surface area contributed by atoms with Gasteiger partial charge in [-0.2, -0.15) is 0 Å². The maximum atomic E-state index is 12.6. The van der Waals surface area contributed by atoms with Crippen LogP contribution in [-0.2, 0) is 11.3 Å². The van der Waals surface area contributed by atoms with Gasteiger partial charge in [-0.25, -0.2) is 9.97 Å². The number of fused-ring (bicyclic) bond motifs is 1. The molecule has 6 heteroatoms. The molecule has 0 saturated carbocycles. The van der Waals surface area contributed by atoms with E-state index in [-0.39, 0.29) is 0 Å². The zero-order valence-corrected chi connectivity index (χ0v) is 15.9. The van der Waals surface area contributed by atoms with E-state index in [0.717, 1.165) is 64.4 Å². The molecule has 6 nitrogen and oxygen atoms in total. The molecule has 1 amide bonds. The first-order chi connectivity index (χ1) is 12.7. The topological polar surface area (TPSA) is 61.4 Å². The molecule has 2 atom stereocenters. The van der Waals surface area contributed by atoms with E-state index in [1.165, 1.54) is 18.4 Å². The third-order valence-corrected chi connectivity index (χ3v) is 6.38. The van der Waals surface area contributed by atoms with Gasteiger partial charge >= 0.3 is 0 Å². The van der Waals surface area contributed by atoms with E-state index < -0.39 is 0 Å². The molecule has 0 radical (unpaired) electrons. The van der Waals surface area contributed by atoms with Gasteiger partial charge in [0.25, 0.3) is 0 Å². The van der Waals surface area contributed by atoms with Crippen LogP contribution in [0.2, 0.25) is 0 Å². The van der Waals surface area contributed by atoms with Gasteiger partial charge in [0.15, 0.2) is 0 Å². The predicted octanol–water partition coefficient (Wildman–Crippen LogP) is 1.60. The standard InChI is InChI=1S/C20H31N5O/c1-15-22-10-17(11-23-15)12-24-9-6-19-18(14-24)2-3-20(26)25(19)13-16-4-7-21-8-5-16/h10-11,16,18-19,21H,2-9,12-14H2,1H3/t18-,19+/m0/s1. The van der Waals surface area contributed by atoms with Crippen molar-refractivity contribution >= 4 is 5.91 Å². The van der Waals surface area contributed by atoms with Gasteiger partial charge in [-0.3, -0.25) is 9.69 Å². The van der Waals surface area contributed by atoms with E-state index in [9.17, 15) is 4.79 Å². The van der Waals surface area contributed by atoms with Crippen LogP contribution in [0.4, 0.5) is 0 Å². The van der Waals surface area contributed by atoms with Crippen molar-refractivity contribution in [2.75, 3.05) is 32.7 Å². The number of carbonyl (C=O) groups is 1. The van der Waals surface area contributed by atoms with E-state index in [2.05, 4.69) is 25.1 Å². The van der Waals surface area contributed by atoms with Gasteiger partial charge in [0.05, 0.1) is 0 Å². The molecule has 3 fully saturated rings. The van der Waals surface area contributed by atoms with Gasteiger partial charge in [-0.1, -0.05) is 0 Å². The number of likely N-dealkylation sites (tertiary alicyclic amines) is 2. The average Bonchev–Trinajstić information content (AvgIpc) is 2.67. The van der Waals surface area contributed by atoms with Crippen LogP contribution in [0.15, 0.2) is 12.4 Å². The summed E-state index contributed by atoms with van der Waals surface area (Å²) in [5, 5.41) is 3.43. The molecule has 3 saturated heterocycles. The Morgan fingerprint density at radius 2 is 1.92 bits per heavy atom. The van der Waals surface area contributed by atoms with Crippen molar-refractivity contribution < 1.29 is 4.79 Å². The number of nitrogens with one attached hydrogen (secondary N) is 1. The van der Waals surface area contributed by atoms with Gasteiger partial charge in [0.1, 0.15) is 5.82 Å². The Balaban J connectivity index is 1.36. The number of hydrogen-bond acceptors (Lipinski definition) is 5. The minimum absolute atomic E-state index is 0.394. The highest BCUT2D eigenvalue weighted by Gasteiger charge is 2.39. The fourth-order valence-corrected chi connectivity index (χ4v) is 4.91. The highest BCUT2D eigenvalue weighted by Crippen LogP contribution is 2.33. The Labute approximate surface area is 156 Å². The molecule has 0 unspecified atom stereocenters. The van der Waals surface area contributed by atoms with Crippen LogP contribution < -0.4 is 5.32 Å². The van der Waals surface area contributed by atoms with Crippen LogP contribution in [0.5, 0.6) is 0 Å². The Morgan fingerprint density at radius 1 is 1.15 bits per heavy atom. The number of aryl methyl sites for hydroxylation is 1. The lowest BCUT2D eigenvalue weighted by Crippen LogP contribution is -2.57. The van der Waals surface area contributed by atoms with Crippen LogP contribution in [0, 0.1) is 18.8 Å². The molecule has 1 N–H and O–H groups in total. The minimum Gasteiger partial charge on any atom is -0.339 e. The Bertz CT molecular complexity index is 613. The molecular weight excluding hydrogens is 326 g/mol. The van der Waals surface area contributed by atoms with Crippen LogP contribution in [-0.4, -0.2) is 64.4 Å². The monoisotopic (exact) mass is 357 g/mol. The van der Waals surface area contributed by atoms with Crippen molar-refractivity contribution in [3.05, 3.63) is 23.8 Å². The fraction of sp³-hybridized carbons (Fsp3) is 0.750. The first kappa shape index (κ1) is 17.9. The molecule has 0 aromatic carbocycles. The van der Waals surface area contributed by atoms with Crippen molar-refractivity contribution in [2.45, 2.75) is 51.6 Å². The summed E-state index contributed by atoms with van der Waals surface area (Å²) in [6.45, 7) is 8.18. The van der Waals surface area contributed by atoms with Crippen LogP contribution in [0.3, 0.4) is 0 Å². The quantitative estimate of drug-likeness (QED) is 0.887. The molecular formula is C20H31N5O. The van der Waals surface area contributed by atoms with Gasteiger partial charge in [-0.15, -0.1) is 0 Å². The summed E-state index contributed by atoms with van der Waals surface area (Å²) in [5.74, 6) is 2.52. The summed E-state index contributed by atoms with van der Waals surface area (Å²) in [6.07, 6.45) is 9.20. The zero-order chi connectivity index (χ0) is 17.9. The molecule has 0 aliphatic carbocycles. The second kappa shape index (κ2) is 8.01. The van der Waals surface area contributed by atoms with E-state index in [4.69, 9.17) is 0 Å². The molecule has 4 rings (SSSR count). The molecule has 3 aliphatic heterocycles. The van der Waals surface area contributed by atoms with E-state index >= 15 is 0 Å². The summed E-state index contributed by atoms with van der Waals surface area (Å²) in [6, 6.07) is 0.455. The first-order valence-corrected chi connectivity index (χ1v) is 10.2. The summed E-state index contributed by atoms with van der Waals surface area (Å²) in [7, 11) is 0. The third kappa shape index (κ3) is 4.07. The van der Waals surface area contributed by atoms with Gasteiger partial charge in [-0.05, 0) is 57.5 Å². The lowest BCUT2D eigenvalue weighted by atomic mass is 9.82. The summed E-state index contributed by atoms with van der Waals surface area (Å²) < 4.78 is 0. The SMILES string of the molecule is Cc1ncc(CN2CC[C@@H]3[C@@H](CCC(=O)N3CC3CCNCC3)C2)cn1. The maximum Gasteiger partial charge on any atom is 0.222 e. The Hall–Kier alpha value is -1.53. The molecule has 3 aliphatic rings. The second-order valence-electron chi connectivity index (χ2n) is 8.27. The fourth-order valence-electron chi connectivity index (χ4n) is 4.91. The minimum atomic E-state index is 0.394. The van der Waals surface area contributed by atoms with E-state index in [1.807, 2.05) is 19.3 Å². The van der Waals surface area contributed by atoms with Gasteiger partial charge < -0.3 is 10.2 Å². The van der Waals surface area contributed by atoms with E-state index in [1.54, 1.807) is 0 Å². The molecule has 26 heavy (non-hydrogen) atoms. The number of amides is 1. The number of piperidine rings is 3. The third-order valence-electron chi connectivity index (χ3n) is 6.38. The Kier molecular flexibility index (Phi) is 5.50. The van der Waals surface area contributed by atoms with Crippen LogP contribution >= 0.6 is 0 Å². The van der Waals surface area contributed by atoms with Crippen molar-refractivity contribution in [2.24, 2.45) is 11.8 Å². The van der Waals surface area contributed by atoms with Crippen LogP contribution in [0.25, 0.3) is 0 Å². The van der Waals surface area contributed by atoms with Crippen molar-refractivity contribution in [3.63, 3.8) is 0 Å². The van der Waals surface area contributed by atoms with E-state index in [0.29, 0.717) is 23.8 Å². The lowest BCUT2D eigenvalue weighted by molar-refractivity contribution is -0.142. The van der Waals surface area contributed by atoms with Gasteiger partial charge in [0.2, 0.25) is 5.91 Å². The summed E-state index contributed by atoms with van der Waals surface area (Å²) >= 11 is 0. The summed E-state index contributed by atoms with van der Waals surface area (Å²) in [5.41, 5.74) is 1.19. The summed E-state index contributed by atoms with van der Waals surface area (Å²) in [4.78, 5) is 26.0. The predicted molar refractivity (Wildman–Crippen MR) is 100 cm³/mol. The normalized spacial score (nSPS) is 28.2. The lowest BCUT2D eigenvalue weighted by Gasteiger charge is -2.48. The van der Waals surface area contributed by atoms with Crippen molar-refractivity contribution in [3.8, 4) is 0 Å². The number of carbonyl (C=O) groups excluding carboxylic acids is 1. The zero-order valence-electron chi connectivity index (χ0n) is 15.9. The first-order valence-electron chi connectivity index (χ1n) is 10.2. The van der Waals surface area contributed by atoms with Gasteiger partial charge in [0, 0.05) is 56.6 Å². The van der Waals surface area contributed by atoms with Crippen molar-refractivity contribution in [1.29, 1.82) is 0 Å². The number of hydrogen-bond donors (Lipinski definition) is 1. The van der Waals surface area contributed by atoms with Crippen LogP contribution in [0.1, 0.15) is 43.5 Å². The number of rotatable bonds is 4. The molecule has 4 heterocycles. The molecule has 142 valence electrons. The molecule has 0 bridgehead atoms. The highest BCUT2D eigenvalue weighted by atomic mass is 16.2.